The first-order chi connectivity index (χ1) is 12.8. The van der Waals surface area contributed by atoms with E-state index in [0.29, 0.717) is 5.56 Å². The summed E-state index contributed by atoms with van der Waals surface area (Å²) in [7, 11) is -3.89. The van der Waals surface area contributed by atoms with Crippen LogP contribution in [0.4, 0.5) is 11.6 Å². The number of carbonyl (C=O) groups excluding carboxylic acids is 1. The number of sulfonamides is 1. The maximum absolute atomic E-state index is 12.5. The van der Waals surface area contributed by atoms with Crippen LogP contribution < -0.4 is 15.4 Å². The van der Waals surface area contributed by atoms with Gasteiger partial charge in [0.1, 0.15) is 16.5 Å². The molecule has 1 saturated heterocycles. The van der Waals surface area contributed by atoms with Crippen molar-refractivity contribution in [3.05, 3.63) is 40.1 Å². The van der Waals surface area contributed by atoms with E-state index < -0.39 is 10.0 Å². The lowest BCUT2D eigenvalue weighted by Gasteiger charge is -2.29. The van der Waals surface area contributed by atoms with E-state index in [4.69, 9.17) is 5.14 Å². The van der Waals surface area contributed by atoms with Gasteiger partial charge in [-0.2, -0.15) is 0 Å². The van der Waals surface area contributed by atoms with Crippen molar-refractivity contribution in [2.75, 3.05) is 23.3 Å². The van der Waals surface area contributed by atoms with Crippen molar-refractivity contribution in [3.8, 4) is 0 Å². The summed E-state index contributed by atoms with van der Waals surface area (Å²) in [5, 5.41) is 7.73. The van der Waals surface area contributed by atoms with Crippen LogP contribution in [0.2, 0.25) is 0 Å². The number of pyridine rings is 2. The van der Waals surface area contributed by atoms with E-state index >= 15 is 0 Å². The van der Waals surface area contributed by atoms with Crippen molar-refractivity contribution < 1.29 is 13.2 Å². The topological polar surface area (TPSA) is 118 Å². The molecule has 0 aliphatic carbocycles. The number of hydrogen-bond donors (Lipinski definition) is 2. The number of aryl methyl sites for hydroxylation is 1. The predicted octanol–water partition coefficient (Wildman–Crippen LogP) is 2.44. The lowest BCUT2D eigenvalue weighted by Crippen LogP contribution is -2.31. The van der Waals surface area contributed by atoms with E-state index in [-0.39, 0.29) is 21.1 Å². The Morgan fingerprint density at radius 2 is 1.89 bits per heavy atom. The van der Waals surface area contributed by atoms with E-state index in [0.717, 1.165) is 43.5 Å². The lowest BCUT2D eigenvalue weighted by molar-refractivity contribution is 0.102. The third-order valence-electron chi connectivity index (χ3n) is 4.34. The molecule has 3 rings (SSSR count). The average molecular weight is 454 g/mol. The van der Waals surface area contributed by atoms with Crippen LogP contribution in [0.15, 0.2) is 33.9 Å². The smallest absolute Gasteiger partial charge is 0.258 e. The number of halogens is 1. The van der Waals surface area contributed by atoms with Crippen molar-refractivity contribution in [2.24, 2.45) is 5.14 Å². The van der Waals surface area contributed by atoms with Crippen LogP contribution in [0.5, 0.6) is 0 Å². The van der Waals surface area contributed by atoms with Gasteiger partial charge in [0, 0.05) is 23.8 Å². The molecule has 3 N–H and O–H groups in total. The van der Waals surface area contributed by atoms with Gasteiger partial charge in [-0.05, 0) is 59.8 Å². The standard InChI is InChI=1S/C17H20BrN5O3S/c1-11-7-12(9-21-16(11)23-5-3-2-4-6-23)17(24)22-15-8-13(18)14(10-20-15)27(19,25)26/h7-10H,2-6H2,1H3,(H2,19,25,26)(H,20,22,24). The monoisotopic (exact) mass is 453 g/mol. The molecule has 3 heterocycles. The summed E-state index contributed by atoms with van der Waals surface area (Å²) >= 11 is 3.13. The number of rotatable bonds is 4. The van der Waals surface area contributed by atoms with Crippen LogP contribution in [0.3, 0.4) is 0 Å². The first-order valence-corrected chi connectivity index (χ1v) is 10.8. The van der Waals surface area contributed by atoms with Gasteiger partial charge >= 0.3 is 0 Å². The van der Waals surface area contributed by atoms with E-state index in [1.165, 1.54) is 12.5 Å². The third kappa shape index (κ3) is 4.63. The maximum Gasteiger partial charge on any atom is 0.258 e. The Morgan fingerprint density at radius 1 is 1.19 bits per heavy atom. The van der Waals surface area contributed by atoms with Gasteiger partial charge in [0.05, 0.1) is 11.8 Å². The minimum atomic E-state index is -3.89. The van der Waals surface area contributed by atoms with E-state index in [1.54, 1.807) is 12.3 Å². The molecule has 2 aromatic rings. The first kappa shape index (κ1) is 19.7. The predicted molar refractivity (Wildman–Crippen MR) is 106 cm³/mol. The molecule has 10 heteroatoms. The highest BCUT2D eigenvalue weighted by Crippen LogP contribution is 2.24. The van der Waals surface area contributed by atoms with Crippen molar-refractivity contribution in [3.63, 3.8) is 0 Å². The van der Waals surface area contributed by atoms with Crippen molar-refractivity contribution in [1.29, 1.82) is 0 Å². The van der Waals surface area contributed by atoms with Crippen LogP contribution in [0.25, 0.3) is 0 Å². The molecule has 0 bridgehead atoms. The van der Waals surface area contributed by atoms with Crippen LogP contribution in [-0.2, 0) is 10.0 Å². The van der Waals surface area contributed by atoms with Gasteiger partial charge in [0.15, 0.2) is 0 Å². The summed E-state index contributed by atoms with van der Waals surface area (Å²) in [5.74, 6) is 0.736. The number of nitrogens with zero attached hydrogens (tertiary/aromatic N) is 3. The SMILES string of the molecule is Cc1cc(C(=O)Nc2cc(Br)c(S(N)(=O)=O)cn2)cnc1N1CCCCC1. The van der Waals surface area contributed by atoms with Crippen LogP contribution in [0, 0.1) is 6.92 Å². The minimum absolute atomic E-state index is 0.149. The number of nitrogens with one attached hydrogen (secondary N) is 1. The summed E-state index contributed by atoms with van der Waals surface area (Å²) in [6.45, 7) is 3.89. The normalized spacial score (nSPS) is 14.9. The molecule has 1 aliphatic rings. The summed E-state index contributed by atoms with van der Waals surface area (Å²) in [5.41, 5.74) is 1.34. The molecule has 0 aromatic carbocycles. The number of primary sulfonamides is 1. The second-order valence-electron chi connectivity index (χ2n) is 6.41. The molecule has 1 fully saturated rings. The molecule has 0 spiro atoms. The van der Waals surface area contributed by atoms with Crippen molar-refractivity contribution >= 4 is 43.5 Å². The number of carbonyl (C=O) groups is 1. The lowest BCUT2D eigenvalue weighted by atomic mass is 10.1. The highest BCUT2D eigenvalue weighted by atomic mass is 79.9. The Morgan fingerprint density at radius 3 is 2.48 bits per heavy atom. The molecule has 0 unspecified atom stereocenters. The molecule has 0 saturated carbocycles. The highest BCUT2D eigenvalue weighted by molar-refractivity contribution is 9.10. The second kappa shape index (κ2) is 7.91. The molecule has 0 atom stereocenters. The average Bonchev–Trinajstić information content (AvgIpc) is 2.61. The Bertz CT molecular complexity index is 975. The number of aromatic nitrogens is 2. The molecule has 1 aliphatic heterocycles. The fourth-order valence-corrected chi connectivity index (χ4v) is 4.54. The fraction of sp³-hybridized carbons (Fsp3) is 0.353. The zero-order chi connectivity index (χ0) is 19.6. The van der Waals surface area contributed by atoms with E-state index in [9.17, 15) is 13.2 Å². The van der Waals surface area contributed by atoms with Gasteiger partial charge in [0.2, 0.25) is 10.0 Å². The van der Waals surface area contributed by atoms with Gasteiger partial charge in [-0.1, -0.05) is 0 Å². The fourth-order valence-electron chi connectivity index (χ4n) is 3.01. The largest absolute Gasteiger partial charge is 0.356 e. The van der Waals surface area contributed by atoms with Crippen LogP contribution in [0.1, 0.15) is 35.2 Å². The Hall–Kier alpha value is -2.04. The second-order valence-corrected chi connectivity index (χ2v) is 8.80. The van der Waals surface area contributed by atoms with E-state index in [2.05, 4.69) is 36.1 Å². The first-order valence-electron chi connectivity index (χ1n) is 8.47. The minimum Gasteiger partial charge on any atom is -0.356 e. The molecular weight excluding hydrogens is 434 g/mol. The number of piperidine rings is 1. The number of amides is 1. The van der Waals surface area contributed by atoms with Gasteiger partial charge in [-0.25, -0.2) is 23.5 Å². The summed E-state index contributed by atoms with van der Waals surface area (Å²) < 4.78 is 23.1. The highest BCUT2D eigenvalue weighted by Gasteiger charge is 2.18. The summed E-state index contributed by atoms with van der Waals surface area (Å²) in [4.78, 5) is 23.0. The number of nitrogens with two attached hydrogens (primary N) is 1. The Labute approximate surface area is 166 Å². The van der Waals surface area contributed by atoms with Gasteiger partial charge in [0.25, 0.3) is 5.91 Å². The summed E-state index contributed by atoms with van der Waals surface area (Å²) in [6.07, 6.45) is 6.18. The Balaban J connectivity index is 1.76. The van der Waals surface area contributed by atoms with Crippen LogP contribution >= 0.6 is 15.9 Å². The maximum atomic E-state index is 12.5. The van der Waals surface area contributed by atoms with Gasteiger partial charge < -0.3 is 10.2 Å². The number of anilines is 2. The third-order valence-corrected chi connectivity index (χ3v) is 6.19. The quantitative estimate of drug-likeness (QED) is 0.733. The van der Waals surface area contributed by atoms with Gasteiger partial charge in [-0.3, -0.25) is 4.79 Å². The molecule has 2 aromatic heterocycles. The molecule has 1 amide bonds. The van der Waals surface area contributed by atoms with Gasteiger partial charge in [-0.15, -0.1) is 0 Å². The van der Waals surface area contributed by atoms with Crippen LogP contribution in [-0.4, -0.2) is 37.4 Å². The molecule has 144 valence electrons. The zero-order valence-corrected chi connectivity index (χ0v) is 17.2. The van der Waals surface area contributed by atoms with Crippen molar-refractivity contribution in [2.45, 2.75) is 31.1 Å². The van der Waals surface area contributed by atoms with Crippen molar-refractivity contribution in [1.82, 2.24) is 9.97 Å². The Kier molecular flexibility index (Phi) is 5.78. The summed E-state index contributed by atoms with van der Waals surface area (Å²) in [6, 6.07) is 3.18. The zero-order valence-electron chi connectivity index (χ0n) is 14.8. The number of hydrogen-bond acceptors (Lipinski definition) is 6. The molecule has 27 heavy (non-hydrogen) atoms. The molecular formula is C17H20BrN5O3S. The van der Waals surface area contributed by atoms with E-state index in [1.807, 2.05) is 6.92 Å². The molecule has 0 radical (unpaired) electrons. The molecule has 8 nitrogen and oxygen atoms in total.